The van der Waals surface area contributed by atoms with Crippen molar-refractivity contribution in [1.29, 1.82) is 0 Å². The molecule has 0 bridgehead atoms. The lowest BCUT2D eigenvalue weighted by Crippen LogP contribution is -2.13. The van der Waals surface area contributed by atoms with Crippen molar-refractivity contribution in [1.82, 2.24) is 9.97 Å². The van der Waals surface area contributed by atoms with Crippen molar-refractivity contribution in [2.45, 2.75) is 13.8 Å². The van der Waals surface area contributed by atoms with Crippen molar-refractivity contribution in [3.05, 3.63) is 41.0 Å². The molecule has 1 aromatic heterocycles. The maximum absolute atomic E-state index is 6.06. The third kappa shape index (κ3) is 4.79. The number of anilines is 2. The molecule has 2 N–H and O–H groups in total. The molecule has 6 heteroatoms. The van der Waals surface area contributed by atoms with Crippen molar-refractivity contribution in [2.75, 3.05) is 30.3 Å². The first-order chi connectivity index (χ1) is 10.2. The van der Waals surface area contributed by atoms with Crippen molar-refractivity contribution >= 4 is 23.4 Å². The summed E-state index contributed by atoms with van der Waals surface area (Å²) in [5.74, 6) is 2.03. The van der Waals surface area contributed by atoms with Gasteiger partial charge >= 0.3 is 0 Å². The van der Waals surface area contributed by atoms with Crippen LogP contribution < -0.4 is 15.4 Å². The average molecular weight is 307 g/mol. The highest BCUT2D eigenvalue weighted by molar-refractivity contribution is 6.32. The number of rotatable bonds is 7. The Balaban J connectivity index is 1.84. The third-order valence-electron chi connectivity index (χ3n) is 2.73. The van der Waals surface area contributed by atoms with Gasteiger partial charge in [0, 0.05) is 6.54 Å². The summed E-state index contributed by atoms with van der Waals surface area (Å²) in [5.41, 5.74) is 1.18. The first kappa shape index (κ1) is 15.4. The van der Waals surface area contributed by atoms with Gasteiger partial charge in [-0.25, -0.2) is 4.98 Å². The molecule has 0 aliphatic heterocycles. The summed E-state index contributed by atoms with van der Waals surface area (Å²) in [6.07, 6.45) is 1.58. The molecule has 5 nitrogen and oxygen atoms in total. The molecule has 0 aliphatic rings. The number of aryl methyl sites for hydroxylation is 1. The van der Waals surface area contributed by atoms with Crippen LogP contribution in [0.15, 0.2) is 30.5 Å². The molecule has 0 radical (unpaired) electrons. The number of benzene rings is 1. The van der Waals surface area contributed by atoms with Crippen LogP contribution in [-0.2, 0) is 0 Å². The molecule has 0 saturated heterocycles. The van der Waals surface area contributed by atoms with Crippen molar-refractivity contribution < 1.29 is 4.74 Å². The van der Waals surface area contributed by atoms with Crippen LogP contribution in [0.1, 0.15) is 12.5 Å². The molecule has 0 amide bonds. The minimum Gasteiger partial charge on any atom is -0.492 e. The molecule has 2 aromatic rings. The molecule has 112 valence electrons. The van der Waals surface area contributed by atoms with Gasteiger partial charge in [-0.05, 0) is 31.5 Å². The fourth-order valence-electron chi connectivity index (χ4n) is 1.78. The highest BCUT2D eigenvalue weighted by Gasteiger charge is 2.04. The molecular weight excluding hydrogens is 288 g/mol. The van der Waals surface area contributed by atoms with Gasteiger partial charge in [0.05, 0.1) is 12.7 Å². The standard InChI is InChI=1S/C15H19ClN4O/c1-3-17-15-19-10-13(16)14(20-15)18-7-8-21-12-6-4-5-11(2)9-12/h4-6,9-10H,3,7-8H2,1-2H3,(H2,17,18,19,20). The summed E-state index contributed by atoms with van der Waals surface area (Å²) in [7, 11) is 0. The van der Waals surface area contributed by atoms with Crippen LogP contribution in [0.5, 0.6) is 5.75 Å². The Labute approximate surface area is 129 Å². The van der Waals surface area contributed by atoms with E-state index < -0.39 is 0 Å². The Hall–Kier alpha value is -2.01. The molecule has 21 heavy (non-hydrogen) atoms. The minimum atomic E-state index is 0.493. The zero-order valence-corrected chi connectivity index (χ0v) is 12.9. The van der Waals surface area contributed by atoms with Crippen molar-refractivity contribution in [3.63, 3.8) is 0 Å². The van der Waals surface area contributed by atoms with E-state index in [-0.39, 0.29) is 0 Å². The van der Waals surface area contributed by atoms with Crippen LogP contribution in [0.25, 0.3) is 0 Å². The predicted octanol–water partition coefficient (Wildman–Crippen LogP) is 3.36. The second-order valence-corrected chi connectivity index (χ2v) is 4.92. The maximum Gasteiger partial charge on any atom is 0.224 e. The Morgan fingerprint density at radius 3 is 2.90 bits per heavy atom. The summed E-state index contributed by atoms with van der Waals surface area (Å²) in [6.45, 7) is 5.92. The summed E-state index contributed by atoms with van der Waals surface area (Å²) in [6, 6.07) is 7.95. The van der Waals surface area contributed by atoms with Crippen LogP contribution in [0, 0.1) is 6.92 Å². The predicted molar refractivity (Wildman–Crippen MR) is 86.4 cm³/mol. The molecular formula is C15H19ClN4O. The average Bonchev–Trinajstić information content (AvgIpc) is 2.47. The molecule has 1 heterocycles. The van der Waals surface area contributed by atoms with Gasteiger partial charge in [-0.1, -0.05) is 23.7 Å². The van der Waals surface area contributed by atoms with Gasteiger partial charge < -0.3 is 15.4 Å². The lowest BCUT2D eigenvalue weighted by atomic mass is 10.2. The largest absolute Gasteiger partial charge is 0.492 e. The Morgan fingerprint density at radius 2 is 2.14 bits per heavy atom. The molecule has 2 rings (SSSR count). The number of hydrogen-bond donors (Lipinski definition) is 2. The van der Waals surface area contributed by atoms with Crippen LogP contribution in [0.2, 0.25) is 5.02 Å². The van der Waals surface area contributed by atoms with Gasteiger partial charge in [0.15, 0.2) is 5.82 Å². The van der Waals surface area contributed by atoms with E-state index in [1.807, 2.05) is 38.1 Å². The monoisotopic (exact) mass is 306 g/mol. The number of halogens is 1. The van der Waals surface area contributed by atoms with E-state index in [0.29, 0.717) is 29.9 Å². The number of nitrogens with one attached hydrogen (secondary N) is 2. The molecule has 1 aromatic carbocycles. The van der Waals surface area contributed by atoms with Crippen LogP contribution in [-0.4, -0.2) is 29.7 Å². The third-order valence-corrected chi connectivity index (χ3v) is 3.01. The normalized spacial score (nSPS) is 10.2. The molecule has 0 fully saturated rings. The first-order valence-electron chi connectivity index (χ1n) is 6.89. The van der Waals surface area contributed by atoms with E-state index in [0.717, 1.165) is 12.3 Å². The van der Waals surface area contributed by atoms with E-state index in [1.54, 1.807) is 6.20 Å². The molecule has 0 atom stereocenters. The zero-order chi connectivity index (χ0) is 15.1. The Morgan fingerprint density at radius 1 is 1.29 bits per heavy atom. The van der Waals surface area contributed by atoms with Crippen LogP contribution in [0.3, 0.4) is 0 Å². The van der Waals surface area contributed by atoms with Crippen LogP contribution >= 0.6 is 11.6 Å². The highest BCUT2D eigenvalue weighted by Crippen LogP contribution is 2.19. The molecule has 0 saturated carbocycles. The smallest absolute Gasteiger partial charge is 0.224 e. The minimum absolute atomic E-state index is 0.493. The van der Waals surface area contributed by atoms with Gasteiger partial charge in [-0.3, -0.25) is 0 Å². The highest BCUT2D eigenvalue weighted by atomic mass is 35.5. The fourth-order valence-corrected chi connectivity index (χ4v) is 1.94. The van der Waals surface area contributed by atoms with Gasteiger partial charge in [0.1, 0.15) is 17.4 Å². The molecule has 0 aliphatic carbocycles. The fraction of sp³-hybridized carbons (Fsp3) is 0.333. The summed E-state index contributed by atoms with van der Waals surface area (Å²) in [4.78, 5) is 8.39. The van der Waals surface area contributed by atoms with E-state index >= 15 is 0 Å². The Kier molecular flexibility index (Phi) is 5.63. The number of hydrogen-bond acceptors (Lipinski definition) is 5. The lowest BCUT2D eigenvalue weighted by molar-refractivity contribution is 0.332. The molecule has 0 unspecified atom stereocenters. The number of nitrogens with zero attached hydrogens (tertiary/aromatic N) is 2. The first-order valence-corrected chi connectivity index (χ1v) is 7.26. The topological polar surface area (TPSA) is 59.1 Å². The zero-order valence-electron chi connectivity index (χ0n) is 12.2. The second kappa shape index (κ2) is 7.69. The molecule has 0 spiro atoms. The van der Waals surface area contributed by atoms with E-state index in [4.69, 9.17) is 16.3 Å². The van der Waals surface area contributed by atoms with Gasteiger partial charge in [-0.15, -0.1) is 0 Å². The second-order valence-electron chi connectivity index (χ2n) is 4.51. The number of ether oxygens (including phenoxy) is 1. The van der Waals surface area contributed by atoms with E-state index in [9.17, 15) is 0 Å². The number of aromatic nitrogens is 2. The van der Waals surface area contributed by atoms with Gasteiger partial charge in [-0.2, -0.15) is 4.98 Å². The van der Waals surface area contributed by atoms with E-state index in [2.05, 4.69) is 20.6 Å². The van der Waals surface area contributed by atoms with Gasteiger partial charge in [0.2, 0.25) is 5.95 Å². The van der Waals surface area contributed by atoms with Crippen molar-refractivity contribution in [3.8, 4) is 5.75 Å². The SMILES string of the molecule is CCNc1ncc(Cl)c(NCCOc2cccc(C)c2)n1. The summed E-state index contributed by atoms with van der Waals surface area (Å²) in [5, 5.41) is 6.69. The van der Waals surface area contributed by atoms with Crippen LogP contribution in [0.4, 0.5) is 11.8 Å². The maximum atomic E-state index is 6.06. The summed E-state index contributed by atoms with van der Waals surface area (Å²) < 4.78 is 5.66. The summed E-state index contributed by atoms with van der Waals surface area (Å²) >= 11 is 6.06. The van der Waals surface area contributed by atoms with Crippen molar-refractivity contribution in [2.24, 2.45) is 0 Å². The lowest BCUT2D eigenvalue weighted by Gasteiger charge is -2.10. The van der Waals surface area contributed by atoms with E-state index in [1.165, 1.54) is 5.56 Å². The van der Waals surface area contributed by atoms with Gasteiger partial charge in [0.25, 0.3) is 0 Å². The Bertz CT molecular complexity index is 592. The quantitative estimate of drug-likeness (QED) is 0.768.